The third-order valence-electron chi connectivity index (χ3n) is 3.37. The highest BCUT2D eigenvalue weighted by atomic mass is 35.5. The predicted octanol–water partition coefficient (Wildman–Crippen LogP) is 5.50. The minimum absolute atomic E-state index is 0.148. The van der Waals surface area contributed by atoms with Crippen molar-refractivity contribution in [1.29, 1.82) is 0 Å². The predicted molar refractivity (Wildman–Crippen MR) is 112 cm³/mol. The summed E-state index contributed by atoms with van der Waals surface area (Å²) in [5.41, 5.74) is 5.68. The monoisotopic (exact) mass is 443 g/mol. The highest BCUT2D eigenvalue weighted by Gasteiger charge is 2.16. The summed E-state index contributed by atoms with van der Waals surface area (Å²) in [4.78, 5) is 13.2. The van der Waals surface area contributed by atoms with E-state index in [-0.39, 0.29) is 5.11 Å². The lowest BCUT2D eigenvalue weighted by atomic mass is 10.2. The van der Waals surface area contributed by atoms with Crippen molar-refractivity contribution >= 4 is 73.7 Å². The van der Waals surface area contributed by atoms with Gasteiger partial charge in [0.05, 0.1) is 5.02 Å². The number of nitrogens with one attached hydrogen (secondary N) is 3. The fourth-order valence-electron chi connectivity index (χ4n) is 2.21. The lowest BCUT2D eigenvalue weighted by Gasteiger charge is -2.11. The second-order valence-corrected chi connectivity index (χ2v) is 8.08. The van der Waals surface area contributed by atoms with Crippen molar-refractivity contribution in [3.63, 3.8) is 0 Å². The zero-order valence-corrected chi connectivity index (χ0v) is 16.7. The average Bonchev–Trinajstić information content (AvgIpc) is 2.98. The van der Waals surface area contributed by atoms with Gasteiger partial charge in [-0.3, -0.25) is 15.6 Å². The van der Waals surface area contributed by atoms with Crippen LogP contribution in [0.2, 0.25) is 5.02 Å². The van der Waals surface area contributed by atoms with Gasteiger partial charge in [-0.1, -0.05) is 41.6 Å². The number of halogens is 3. The summed E-state index contributed by atoms with van der Waals surface area (Å²) in [6.45, 7) is 0. The van der Waals surface area contributed by atoms with Gasteiger partial charge in [-0.15, -0.1) is 11.3 Å². The standard InChI is InChI=1S/C17H12ClF2N3OS3/c18-13-11-3-1-2-4-12(11)27-14(13)15(24)22-23-17(25)21-9-5-7-10(8-6-9)26-16(19)20/h1-8,16H,(H,22,24)(H2,21,23,25). The Morgan fingerprint density at radius 2 is 1.81 bits per heavy atom. The number of carbonyl (C=O) groups is 1. The molecule has 0 aliphatic carbocycles. The van der Waals surface area contributed by atoms with Crippen molar-refractivity contribution in [1.82, 2.24) is 10.9 Å². The van der Waals surface area contributed by atoms with E-state index in [2.05, 4.69) is 16.2 Å². The number of hydrogen-bond acceptors (Lipinski definition) is 4. The van der Waals surface area contributed by atoms with E-state index < -0.39 is 11.7 Å². The molecular formula is C17H12ClF2N3OS3. The van der Waals surface area contributed by atoms with Gasteiger partial charge in [-0.2, -0.15) is 8.78 Å². The van der Waals surface area contributed by atoms with Crippen molar-refractivity contribution in [3.8, 4) is 0 Å². The maximum Gasteiger partial charge on any atom is 0.288 e. The fourth-order valence-corrected chi connectivity index (χ4v) is 4.29. The first-order valence-corrected chi connectivity index (χ1v) is 10.0. The molecule has 1 amide bonds. The number of anilines is 1. The Morgan fingerprint density at radius 1 is 1.11 bits per heavy atom. The van der Waals surface area contributed by atoms with Crippen molar-refractivity contribution in [3.05, 3.63) is 58.4 Å². The summed E-state index contributed by atoms with van der Waals surface area (Å²) in [6, 6.07) is 13.8. The molecule has 10 heteroatoms. The number of thioether (sulfide) groups is 1. The molecule has 0 unspecified atom stereocenters. The van der Waals surface area contributed by atoms with E-state index in [0.717, 1.165) is 10.1 Å². The van der Waals surface area contributed by atoms with Gasteiger partial charge >= 0.3 is 0 Å². The summed E-state index contributed by atoms with van der Waals surface area (Å²) in [7, 11) is 0. The van der Waals surface area contributed by atoms with Crippen LogP contribution >= 0.6 is 46.9 Å². The lowest BCUT2D eigenvalue weighted by molar-refractivity contribution is 0.0948. The zero-order valence-electron chi connectivity index (χ0n) is 13.5. The van der Waals surface area contributed by atoms with Crippen molar-refractivity contribution in [2.45, 2.75) is 10.7 Å². The first-order valence-electron chi connectivity index (χ1n) is 7.53. The fraction of sp³-hybridized carbons (Fsp3) is 0.0588. The largest absolute Gasteiger partial charge is 0.331 e. The number of rotatable bonds is 4. The van der Waals surface area contributed by atoms with E-state index in [0.29, 0.717) is 32.2 Å². The maximum atomic E-state index is 12.3. The molecule has 0 atom stereocenters. The van der Waals surface area contributed by atoms with Gasteiger partial charge in [-0.05, 0) is 42.5 Å². The molecule has 0 bridgehead atoms. The van der Waals surface area contributed by atoms with Crippen LogP contribution in [0.15, 0.2) is 53.4 Å². The number of fused-ring (bicyclic) bond motifs is 1. The Labute approximate surface area is 172 Å². The van der Waals surface area contributed by atoms with Crippen LogP contribution in [0, 0.1) is 0 Å². The van der Waals surface area contributed by atoms with Gasteiger partial charge in [0.1, 0.15) is 4.88 Å². The second-order valence-electron chi connectivity index (χ2n) is 5.18. The number of hydrogen-bond donors (Lipinski definition) is 3. The van der Waals surface area contributed by atoms with Crippen molar-refractivity contribution < 1.29 is 13.6 Å². The highest BCUT2D eigenvalue weighted by Crippen LogP contribution is 2.34. The van der Waals surface area contributed by atoms with Gasteiger partial charge in [0, 0.05) is 20.7 Å². The van der Waals surface area contributed by atoms with Crippen LogP contribution in [0.1, 0.15) is 9.67 Å². The first kappa shape index (κ1) is 19.8. The Balaban J connectivity index is 1.56. The van der Waals surface area contributed by atoms with E-state index >= 15 is 0 Å². The van der Waals surface area contributed by atoms with Crippen LogP contribution < -0.4 is 16.2 Å². The topological polar surface area (TPSA) is 53.2 Å². The summed E-state index contributed by atoms with van der Waals surface area (Å²) in [5, 5.41) is 4.20. The molecule has 140 valence electrons. The molecule has 1 heterocycles. The summed E-state index contributed by atoms with van der Waals surface area (Å²) >= 11 is 13.1. The number of amides is 1. The highest BCUT2D eigenvalue weighted by molar-refractivity contribution is 7.99. The number of benzene rings is 2. The third-order valence-corrected chi connectivity index (χ3v) is 5.97. The molecule has 1 aromatic heterocycles. The molecule has 0 radical (unpaired) electrons. The Kier molecular flexibility index (Phi) is 6.48. The van der Waals surface area contributed by atoms with Crippen molar-refractivity contribution in [2.24, 2.45) is 0 Å². The molecule has 0 fully saturated rings. The second kappa shape index (κ2) is 8.83. The molecule has 27 heavy (non-hydrogen) atoms. The molecule has 0 spiro atoms. The Bertz CT molecular complexity index is 979. The quantitative estimate of drug-likeness (QED) is 0.282. The minimum Gasteiger partial charge on any atom is -0.331 e. The molecular weight excluding hydrogens is 432 g/mol. The first-order chi connectivity index (χ1) is 12.9. The number of thiophene rings is 1. The van der Waals surface area contributed by atoms with Crippen LogP contribution in [-0.4, -0.2) is 16.8 Å². The van der Waals surface area contributed by atoms with Crippen LogP contribution in [0.3, 0.4) is 0 Å². The van der Waals surface area contributed by atoms with Crippen LogP contribution in [0.4, 0.5) is 14.5 Å². The maximum absolute atomic E-state index is 12.3. The van der Waals surface area contributed by atoms with E-state index in [1.807, 2.05) is 24.3 Å². The van der Waals surface area contributed by atoms with Crippen molar-refractivity contribution in [2.75, 3.05) is 5.32 Å². The molecule has 0 saturated heterocycles. The number of alkyl halides is 2. The van der Waals surface area contributed by atoms with Gasteiger partial charge < -0.3 is 5.32 Å². The normalized spacial score (nSPS) is 10.8. The van der Waals surface area contributed by atoms with Gasteiger partial charge in [0.15, 0.2) is 5.11 Å². The van der Waals surface area contributed by atoms with Gasteiger partial charge in [-0.25, -0.2) is 0 Å². The van der Waals surface area contributed by atoms with E-state index in [9.17, 15) is 13.6 Å². The summed E-state index contributed by atoms with van der Waals surface area (Å²) < 4.78 is 25.5. The molecule has 0 aliphatic rings. The average molecular weight is 444 g/mol. The molecule has 4 nitrogen and oxygen atoms in total. The number of thiocarbonyl (C=S) groups is 1. The molecule has 0 saturated carbocycles. The number of carbonyl (C=O) groups excluding carboxylic acids is 1. The third kappa shape index (κ3) is 5.07. The number of hydrazine groups is 1. The molecule has 2 aromatic carbocycles. The lowest BCUT2D eigenvalue weighted by Crippen LogP contribution is -2.43. The van der Waals surface area contributed by atoms with Crippen LogP contribution in [0.25, 0.3) is 10.1 Å². The Hall–Kier alpha value is -1.94. The molecule has 3 aromatic rings. The van der Waals surface area contributed by atoms with E-state index in [4.69, 9.17) is 23.8 Å². The molecule has 3 rings (SSSR count). The minimum atomic E-state index is -2.47. The molecule has 0 aliphatic heterocycles. The van der Waals surface area contributed by atoms with E-state index in [1.54, 1.807) is 24.3 Å². The SMILES string of the molecule is O=C(NNC(=S)Nc1ccc(SC(F)F)cc1)c1sc2ccccc2c1Cl. The van der Waals surface area contributed by atoms with E-state index in [1.165, 1.54) is 11.3 Å². The molecule has 3 N–H and O–H groups in total. The van der Waals surface area contributed by atoms with Gasteiger partial charge in [0.25, 0.3) is 11.7 Å². The summed E-state index contributed by atoms with van der Waals surface area (Å²) in [5.74, 6) is -2.88. The Morgan fingerprint density at radius 3 is 2.48 bits per heavy atom. The van der Waals surface area contributed by atoms with Gasteiger partial charge in [0.2, 0.25) is 0 Å². The van der Waals surface area contributed by atoms with Crippen LogP contribution in [-0.2, 0) is 0 Å². The smallest absolute Gasteiger partial charge is 0.288 e. The summed E-state index contributed by atoms with van der Waals surface area (Å²) in [6.07, 6.45) is 0. The van der Waals surface area contributed by atoms with Crippen LogP contribution in [0.5, 0.6) is 0 Å². The zero-order chi connectivity index (χ0) is 19.4.